The number of nitrogens with one attached hydrogen (secondary N) is 1. The van der Waals surface area contributed by atoms with Crippen LogP contribution in [0.2, 0.25) is 0 Å². The lowest BCUT2D eigenvalue weighted by Crippen LogP contribution is -2.23. The minimum atomic E-state index is 0.978. The van der Waals surface area contributed by atoms with Gasteiger partial charge in [0.25, 0.3) is 0 Å². The summed E-state index contributed by atoms with van der Waals surface area (Å²) in [5, 5.41) is 4.67. The van der Waals surface area contributed by atoms with Crippen molar-refractivity contribution in [2.75, 3.05) is 6.54 Å². The molecule has 1 aromatic carbocycles. The molecule has 1 N–H and O–H groups in total. The van der Waals surface area contributed by atoms with E-state index in [1.54, 1.807) is 0 Å². The highest BCUT2D eigenvalue weighted by Gasteiger charge is 2.12. The number of fused-ring (bicyclic) bond motifs is 2. The third-order valence-electron chi connectivity index (χ3n) is 4.17. The van der Waals surface area contributed by atoms with Crippen molar-refractivity contribution in [1.29, 1.82) is 0 Å². The number of aryl methyl sites for hydroxylation is 1. The van der Waals surface area contributed by atoms with Crippen LogP contribution in [0, 0.1) is 0 Å². The first-order chi connectivity index (χ1) is 9.83. The summed E-state index contributed by atoms with van der Waals surface area (Å²) in [6, 6.07) is 11.1. The van der Waals surface area contributed by atoms with E-state index in [4.69, 9.17) is 0 Å². The Morgan fingerprint density at radius 1 is 1.15 bits per heavy atom. The minimum absolute atomic E-state index is 0.978. The average molecular weight is 263 g/mol. The molecule has 3 nitrogen and oxygen atoms in total. The van der Waals surface area contributed by atoms with Gasteiger partial charge in [0.1, 0.15) is 5.65 Å². The largest absolute Gasteiger partial charge is 0.336 e. The maximum atomic E-state index is 4.47. The third-order valence-corrected chi connectivity index (χ3v) is 4.17. The lowest BCUT2D eigenvalue weighted by molar-refractivity contribution is 0.644. The van der Waals surface area contributed by atoms with Gasteiger partial charge in [-0.1, -0.05) is 12.1 Å². The van der Waals surface area contributed by atoms with Crippen molar-refractivity contribution in [3.63, 3.8) is 0 Å². The van der Waals surface area contributed by atoms with Gasteiger partial charge in [0.15, 0.2) is 0 Å². The van der Waals surface area contributed by atoms with E-state index in [1.165, 1.54) is 27.6 Å². The van der Waals surface area contributed by atoms with Crippen LogP contribution in [-0.4, -0.2) is 16.1 Å². The van der Waals surface area contributed by atoms with E-state index in [9.17, 15) is 0 Å². The van der Waals surface area contributed by atoms with E-state index >= 15 is 0 Å². The lowest BCUT2D eigenvalue weighted by Gasteiger charge is -2.18. The van der Waals surface area contributed by atoms with Gasteiger partial charge in [-0.25, -0.2) is 4.98 Å². The Kier molecular flexibility index (Phi) is 2.60. The van der Waals surface area contributed by atoms with Crippen LogP contribution < -0.4 is 5.32 Å². The summed E-state index contributed by atoms with van der Waals surface area (Å²) in [7, 11) is 2.04. The minimum Gasteiger partial charge on any atom is -0.336 e. The Balaban J connectivity index is 1.90. The summed E-state index contributed by atoms with van der Waals surface area (Å²) < 4.78 is 2.07. The fourth-order valence-corrected chi connectivity index (χ4v) is 3.06. The van der Waals surface area contributed by atoms with Crippen LogP contribution in [0.3, 0.4) is 0 Å². The van der Waals surface area contributed by atoms with E-state index in [0.29, 0.717) is 0 Å². The molecule has 0 fully saturated rings. The first kappa shape index (κ1) is 11.7. The molecule has 0 amide bonds. The van der Waals surface area contributed by atoms with Crippen LogP contribution in [0.1, 0.15) is 11.1 Å². The second-order valence-electron chi connectivity index (χ2n) is 5.43. The Bertz CT molecular complexity index is 786. The molecule has 3 aromatic rings. The standard InChI is InChI=1S/C17H17N3/c1-20-9-6-16-15(5-8-19-17(16)20)13-3-2-12-4-7-18-11-14(12)10-13/h2-3,5-6,8-10,18H,4,7,11H2,1H3. The van der Waals surface area contributed by atoms with Gasteiger partial charge in [-0.2, -0.15) is 0 Å². The monoisotopic (exact) mass is 263 g/mol. The zero-order valence-corrected chi connectivity index (χ0v) is 11.6. The second-order valence-corrected chi connectivity index (χ2v) is 5.43. The van der Waals surface area contributed by atoms with Crippen molar-refractivity contribution in [1.82, 2.24) is 14.9 Å². The van der Waals surface area contributed by atoms with Crippen molar-refractivity contribution < 1.29 is 0 Å². The predicted molar refractivity (Wildman–Crippen MR) is 81.6 cm³/mol. The summed E-state index contributed by atoms with van der Waals surface area (Å²) in [6.45, 7) is 2.07. The second kappa shape index (κ2) is 4.46. The zero-order chi connectivity index (χ0) is 13.5. The van der Waals surface area contributed by atoms with Gasteiger partial charge >= 0.3 is 0 Å². The summed E-state index contributed by atoms with van der Waals surface area (Å²) in [4.78, 5) is 4.47. The SMILES string of the molecule is Cn1ccc2c(-c3ccc4c(c3)CNCC4)ccnc21. The fourth-order valence-electron chi connectivity index (χ4n) is 3.06. The predicted octanol–water partition coefficient (Wildman–Crippen LogP) is 2.89. The number of aromatic nitrogens is 2. The summed E-state index contributed by atoms with van der Waals surface area (Å²) in [5.41, 5.74) is 6.49. The summed E-state index contributed by atoms with van der Waals surface area (Å²) >= 11 is 0. The Hall–Kier alpha value is -2.13. The van der Waals surface area contributed by atoms with Crippen LogP contribution in [0.5, 0.6) is 0 Å². The first-order valence-corrected chi connectivity index (χ1v) is 7.06. The molecular weight excluding hydrogens is 246 g/mol. The highest BCUT2D eigenvalue weighted by atomic mass is 15.0. The van der Waals surface area contributed by atoms with E-state index in [2.05, 4.69) is 51.4 Å². The number of benzene rings is 1. The van der Waals surface area contributed by atoms with Crippen LogP contribution in [0.15, 0.2) is 42.7 Å². The Labute approximate surface area is 118 Å². The fraction of sp³-hybridized carbons (Fsp3) is 0.235. The smallest absolute Gasteiger partial charge is 0.140 e. The van der Waals surface area contributed by atoms with Gasteiger partial charge in [0, 0.05) is 31.4 Å². The normalized spacial score (nSPS) is 14.4. The molecular formula is C17H17N3. The topological polar surface area (TPSA) is 29.9 Å². The average Bonchev–Trinajstić information content (AvgIpc) is 2.88. The van der Waals surface area contributed by atoms with Crippen molar-refractivity contribution in [2.45, 2.75) is 13.0 Å². The van der Waals surface area contributed by atoms with E-state index < -0.39 is 0 Å². The molecule has 1 aliphatic heterocycles. The van der Waals surface area contributed by atoms with Gasteiger partial charge < -0.3 is 9.88 Å². The molecule has 0 aliphatic carbocycles. The molecule has 0 saturated carbocycles. The van der Waals surface area contributed by atoms with Gasteiger partial charge in [0.05, 0.1) is 0 Å². The number of rotatable bonds is 1. The Morgan fingerprint density at radius 3 is 3.05 bits per heavy atom. The van der Waals surface area contributed by atoms with Crippen LogP contribution in [0.25, 0.3) is 22.2 Å². The third kappa shape index (κ3) is 1.74. The summed E-state index contributed by atoms with van der Waals surface area (Å²) in [6.07, 6.45) is 5.10. The van der Waals surface area contributed by atoms with E-state index in [0.717, 1.165) is 25.2 Å². The molecule has 2 aromatic heterocycles. The molecule has 1 aliphatic rings. The van der Waals surface area contributed by atoms with E-state index in [-0.39, 0.29) is 0 Å². The lowest BCUT2D eigenvalue weighted by atomic mass is 9.95. The van der Waals surface area contributed by atoms with Gasteiger partial charge in [-0.3, -0.25) is 0 Å². The highest BCUT2D eigenvalue weighted by Crippen LogP contribution is 2.30. The molecule has 3 heteroatoms. The number of nitrogens with zero attached hydrogens (tertiary/aromatic N) is 2. The molecule has 0 spiro atoms. The molecule has 0 radical (unpaired) electrons. The van der Waals surface area contributed by atoms with Crippen LogP contribution >= 0.6 is 0 Å². The highest BCUT2D eigenvalue weighted by molar-refractivity contribution is 5.93. The van der Waals surface area contributed by atoms with Crippen molar-refractivity contribution >= 4 is 11.0 Å². The quantitative estimate of drug-likeness (QED) is 0.731. The number of pyridine rings is 1. The molecule has 3 heterocycles. The molecule has 0 saturated heterocycles. The maximum Gasteiger partial charge on any atom is 0.140 e. The van der Waals surface area contributed by atoms with Crippen molar-refractivity contribution in [2.24, 2.45) is 7.05 Å². The molecule has 4 rings (SSSR count). The first-order valence-electron chi connectivity index (χ1n) is 7.06. The number of hydrogen-bond donors (Lipinski definition) is 1. The molecule has 20 heavy (non-hydrogen) atoms. The van der Waals surface area contributed by atoms with E-state index in [1.807, 2.05) is 13.2 Å². The summed E-state index contributed by atoms with van der Waals surface area (Å²) in [5.74, 6) is 0. The molecule has 0 atom stereocenters. The van der Waals surface area contributed by atoms with Crippen LogP contribution in [-0.2, 0) is 20.0 Å². The van der Waals surface area contributed by atoms with Crippen molar-refractivity contribution in [3.05, 3.63) is 53.9 Å². The molecule has 100 valence electrons. The van der Waals surface area contributed by atoms with Gasteiger partial charge in [-0.05, 0) is 53.4 Å². The maximum absolute atomic E-state index is 4.47. The van der Waals surface area contributed by atoms with Crippen molar-refractivity contribution in [3.8, 4) is 11.1 Å². The van der Waals surface area contributed by atoms with Gasteiger partial charge in [0.2, 0.25) is 0 Å². The van der Waals surface area contributed by atoms with Crippen LogP contribution in [0.4, 0.5) is 0 Å². The number of hydrogen-bond acceptors (Lipinski definition) is 2. The molecule has 0 unspecified atom stereocenters. The Morgan fingerprint density at radius 2 is 2.10 bits per heavy atom. The zero-order valence-electron chi connectivity index (χ0n) is 11.6. The molecule has 0 bridgehead atoms. The van der Waals surface area contributed by atoms with Gasteiger partial charge in [-0.15, -0.1) is 0 Å².